The molecule has 0 aliphatic carbocycles. The van der Waals surface area contributed by atoms with Gasteiger partial charge in [0.2, 0.25) is 0 Å². The molecule has 21 heavy (non-hydrogen) atoms. The van der Waals surface area contributed by atoms with E-state index in [0.717, 1.165) is 4.47 Å². The van der Waals surface area contributed by atoms with Crippen molar-refractivity contribution in [2.24, 2.45) is 0 Å². The van der Waals surface area contributed by atoms with Crippen LogP contribution in [0.3, 0.4) is 0 Å². The van der Waals surface area contributed by atoms with Crippen LogP contribution in [-0.2, 0) is 4.79 Å². The van der Waals surface area contributed by atoms with E-state index in [1.807, 2.05) is 18.2 Å². The van der Waals surface area contributed by atoms with Crippen LogP contribution >= 0.6 is 27.5 Å². The summed E-state index contributed by atoms with van der Waals surface area (Å²) in [6, 6.07) is 16.0. The van der Waals surface area contributed by atoms with Crippen molar-refractivity contribution < 1.29 is 4.79 Å². The fourth-order valence-electron chi connectivity index (χ4n) is 1.64. The molecular formula is C16H10BrClN2O. The number of halogens is 2. The van der Waals surface area contributed by atoms with Crippen LogP contribution in [0.5, 0.6) is 0 Å². The molecule has 0 radical (unpaired) electrons. The first-order chi connectivity index (χ1) is 10.1. The number of amides is 1. The van der Waals surface area contributed by atoms with Gasteiger partial charge in [0, 0.05) is 15.2 Å². The van der Waals surface area contributed by atoms with Crippen LogP contribution in [-0.4, -0.2) is 5.91 Å². The first-order valence-corrected chi connectivity index (χ1v) is 7.20. The van der Waals surface area contributed by atoms with E-state index in [1.165, 1.54) is 6.08 Å². The Morgan fingerprint density at radius 2 is 1.95 bits per heavy atom. The number of anilines is 1. The van der Waals surface area contributed by atoms with Crippen molar-refractivity contribution in [2.45, 2.75) is 0 Å². The van der Waals surface area contributed by atoms with E-state index in [9.17, 15) is 4.79 Å². The summed E-state index contributed by atoms with van der Waals surface area (Å²) in [6.45, 7) is 0. The molecule has 0 heterocycles. The van der Waals surface area contributed by atoms with E-state index >= 15 is 0 Å². The number of nitriles is 1. The Morgan fingerprint density at radius 1 is 1.24 bits per heavy atom. The van der Waals surface area contributed by atoms with Gasteiger partial charge in [0.25, 0.3) is 5.91 Å². The summed E-state index contributed by atoms with van der Waals surface area (Å²) in [5.41, 5.74) is 1.33. The minimum absolute atomic E-state index is 0.0141. The number of hydrogen-bond acceptors (Lipinski definition) is 2. The molecule has 0 bridgehead atoms. The van der Waals surface area contributed by atoms with E-state index in [1.54, 1.807) is 36.4 Å². The molecule has 0 saturated carbocycles. The lowest BCUT2D eigenvalue weighted by Crippen LogP contribution is -2.13. The number of benzene rings is 2. The van der Waals surface area contributed by atoms with Crippen molar-refractivity contribution in [1.29, 1.82) is 5.26 Å². The molecule has 0 unspecified atom stereocenters. The van der Waals surface area contributed by atoms with Crippen molar-refractivity contribution >= 4 is 45.2 Å². The molecule has 0 aromatic heterocycles. The quantitative estimate of drug-likeness (QED) is 0.639. The van der Waals surface area contributed by atoms with Crippen LogP contribution in [0.15, 0.2) is 58.6 Å². The third-order valence-electron chi connectivity index (χ3n) is 2.63. The number of carbonyl (C=O) groups is 1. The van der Waals surface area contributed by atoms with Crippen molar-refractivity contribution in [3.8, 4) is 6.07 Å². The molecule has 3 nitrogen and oxygen atoms in total. The summed E-state index contributed by atoms with van der Waals surface area (Å²) in [5, 5.41) is 12.4. The zero-order valence-electron chi connectivity index (χ0n) is 10.8. The molecule has 2 aromatic carbocycles. The van der Waals surface area contributed by atoms with Crippen molar-refractivity contribution in [3.63, 3.8) is 0 Å². The monoisotopic (exact) mass is 360 g/mol. The molecular weight excluding hydrogens is 352 g/mol. The van der Waals surface area contributed by atoms with E-state index in [2.05, 4.69) is 21.2 Å². The lowest BCUT2D eigenvalue weighted by molar-refractivity contribution is -0.112. The number of nitrogens with one attached hydrogen (secondary N) is 1. The second kappa shape index (κ2) is 7.07. The number of rotatable bonds is 3. The lowest BCUT2D eigenvalue weighted by Gasteiger charge is -2.04. The molecule has 0 fully saturated rings. The fourth-order valence-corrected chi connectivity index (χ4v) is 2.11. The Kier molecular flexibility index (Phi) is 5.15. The Labute approximate surface area is 136 Å². The van der Waals surface area contributed by atoms with E-state index in [0.29, 0.717) is 16.3 Å². The largest absolute Gasteiger partial charge is 0.321 e. The molecule has 0 aliphatic heterocycles. The van der Waals surface area contributed by atoms with Crippen molar-refractivity contribution in [3.05, 3.63) is 69.2 Å². The fraction of sp³-hybridized carbons (Fsp3) is 0. The van der Waals surface area contributed by atoms with Gasteiger partial charge in [0.05, 0.1) is 0 Å². The van der Waals surface area contributed by atoms with Crippen LogP contribution in [0.4, 0.5) is 5.69 Å². The predicted octanol–water partition coefficient (Wildman–Crippen LogP) is 4.65. The average Bonchev–Trinajstić information content (AvgIpc) is 2.47. The maximum Gasteiger partial charge on any atom is 0.266 e. The van der Waals surface area contributed by atoms with E-state index in [4.69, 9.17) is 16.9 Å². The van der Waals surface area contributed by atoms with Gasteiger partial charge in [-0.05, 0) is 48.0 Å². The first kappa shape index (κ1) is 15.3. The van der Waals surface area contributed by atoms with Crippen LogP contribution in [0.25, 0.3) is 6.08 Å². The number of carbonyl (C=O) groups excluding carboxylic acids is 1. The molecule has 5 heteroatoms. The highest BCUT2D eigenvalue weighted by atomic mass is 79.9. The molecule has 0 atom stereocenters. The predicted molar refractivity (Wildman–Crippen MR) is 87.8 cm³/mol. The van der Waals surface area contributed by atoms with Gasteiger partial charge < -0.3 is 5.32 Å². The summed E-state index contributed by atoms with van der Waals surface area (Å²) in [7, 11) is 0. The van der Waals surface area contributed by atoms with Crippen LogP contribution in [0, 0.1) is 11.3 Å². The normalized spacial score (nSPS) is 10.8. The summed E-state index contributed by atoms with van der Waals surface area (Å²) < 4.78 is 0.912. The molecule has 2 aromatic rings. The second-order valence-electron chi connectivity index (χ2n) is 4.19. The summed E-state index contributed by atoms with van der Waals surface area (Å²) >= 11 is 9.19. The van der Waals surface area contributed by atoms with Gasteiger partial charge in [0.1, 0.15) is 11.6 Å². The maximum atomic E-state index is 12.1. The smallest absolute Gasteiger partial charge is 0.266 e. The van der Waals surface area contributed by atoms with Gasteiger partial charge in [-0.15, -0.1) is 0 Å². The summed E-state index contributed by atoms with van der Waals surface area (Å²) in [6.07, 6.45) is 1.50. The van der Waals surface area contributed by atoms with Crippen molar-refractivity contribution in [2.75, 3.05) is 5.32 Å². The second-order valence-corrected chi connectivity index (χ2v) is 5.54. The third-order valence-corrected chi connectivity index (χ3v) is 3.39. The Bertz CT molecular complexity index is 733. The number of nitrogens with zero attached hydrogens (tertiary/aromatic N) is 1. The Hall–Kier alpha value is -2.09. The average molecular weight is 362 g/mol. The molecule has 0 aliphatic rings. The third kappa shape index (κ3) is 4.45. The minimum Gasteiger partial charge on any atom is -0.321 e. The van der Waals surface area contributed by atoms with E-state index in [-0.39, 0.29) is 5.57 Å². The molecule has 2 rings (SSSR count). The molecule has 0 spiro atoms. The van der Waals surface area contributed by atoms with Crippen LogP contribution < -0.4 is 5.32 Å². The maximum absolute atomic E-state index is 12.1. The van der Waals surface area contributed by atoms with Crippen LogP contribution in [0.1, 0.15) is 5.56 Å². The molecule has 0 saturated heterocycles. The zero-order valence-corrected chi connectivity index (χ0v) is 13.1. The minimum atomic E-state index is -0.459. The van der Waals surface area contributed by atoms with Gasteiger partial charge in [-0.1, -0.05) is 39.7 Å². The highest BCUT2D eigenvalue weighted by Gasteiger charge is 2.09. The highest BCUT2D eigenvalue weighted by Crippen LogP contribution is 2.17. The molecule has 1 N–H and O–H groups in total. The van der Waals surface area contributed by atoms with Gasteiger partial charge in [-0.3, -0.25) is 4.79 Å². The zero-order chi connectivity index (χ0) is 15.2. The van der Waals surface area contributed by atoms with Crippen LogP contribution in [0.2, 0.25) is 5.02 Å². The topological polar surface area (TPSA) is 52.9 Å². The SMILES string of the molecule is N#C/C(=C/c1cccc(Cl)c1)C(=O)Nc1ccc(Br)cc1. The standard InChI is InChI=1S/C16H10BrClN2O/c17-13-4-6-15(7-5-13)20-16(21)12(10-19)8-11-2-1-3-14(18)9-11/h1-9H,(H,20,21)/b12-8-. The van der Waals surface area contributed by atoms with Gasteiger partial charge in [-0.2, -0.15) is 5.26 Å². The van der Waals surface area contributed by atoms with E-state index < -0.39 is 5.91 Å². The highest BCUT2D eigenvalue weighted by molar-refractivity contribution is 9.10. The molecule has 104 valence electrons. The number of hydrogen-bond donors (Lipinski definition) is 1. The van der Waals surface area contributed by atoms with Gasteiger partial charge in [-0.25, -0.2) is 0 Å². The molecule has 1 amide bonds. The summed E-state index contributed by atoms with van der Waals surface area (Å²) in [4.78, 5) is 12.1. The Balaban J connectivity index is 2.19. The summed E-state index contributed by atoms with van der Waals surface area (Å²) in [5.74, 6) is -0.459. The van der Waals surface area contributed by atoms with Gasteiger partial charge in [0.15, 0.2) is 0 Å². The van der Waals surface area contributed by atoms with Crippen molar-refractivity contribution in [1.82, 2.24) is 0 Å². The first-order valence-electron chi connectivity index (χ1n) is 6.03. The van der Waals surface area contributed by atoms with Gasteiger partial charge >= 0.3 is 0 Å². The lowest BCUT2D eigenvalue weighted by atomic mass is 10.1. The Morgan fingerprint density at radius 3 is 2.57 bits per heavy atom.